The molecule has 2 heterocycles. The minimum Gasteiger partial charge on any atom is -0.497 e. The molecule has 1 saturated heterocycles. The first-order valence-electron chi connectivity index (χ1n) is 10.6. The van der Waals surface area contributed by atoms with Gasteiger partial charge in [0.15, 0.2) is 5.82 Å². The summed E-state index contributed by atoms with van der Waals surface area (Å²) in [6, 6.07) is 17.8. The highest BCUT2D eigenvalue weighted by Gasteiger charge is 2.27. The van der Waals surface area contributed by atoms with Gasteiger partial charge in [-0.2, -0.15) is 0 Å². The number of nitrogens with one attached hydrogen (secondary N) is 1. The van der Waals surface area contributed by atoms with Gasteiger partial charge in [0.25, 0.3) is 0 Å². The molecule has 1 atom stereocenters. The summed E-state index contributed by atoms with van der Waals surface area (Å²) in [5.74, 6) is 1.62. The minimum atomic E-state index is -0.0717. The number of piperidine rings is 1. The van der Waals surface area contributed by atoms with Crippen molar-refractivity contribution < 1.29 is 9.53 Å². The van der Waals surface area contributed by atoms with Gasteiger partial charge in [-0.25, -0.2) is 0 Å². The number of ether oxygens (including phenoxy) is 1. The highest BCUT2D eigenvalue weighted by molar-refractivity contribution is 5.93. The van der Waals surface area contributed by atoms with Gasteiger partial charge in [0.2, 0.25) is 5.91 Å². The Bertz CT molecular complexity index is 1050. The maximum atomic E-state index is 12.9. The average molecular weight is 417 g/mol. The zero-order valence-corrected chi connectivity index (χ0v) is 18.3. The van der Waals surface area contributed by atoms with Crippen molar-refractivity contribution in [3.05, 3.63) is 65.7 Å². The zero-order chi connectivity index (χ0) is 21.8. The Labute approximate surface area is 183 Å². The lowest BCUT2D eigenvalue weighted by molar-refractivity contribution is -0.120. The van der Waals surface area contributed by atoms with E-state index in [1.54, 1.807) is 7.11 Å². The number of carbonyl (C=O) groups excluding carboxylic acids is 1. The summed E-state index contributed by atoms with van der Waals surface area (Å²) in [5.41, 5.74) is 4.96. The van der Waals surface area contributed by atoms with Crippen molar-refractivity contribution in [3.63, 3.8) is 0 Å². The van der Waals surface area contributed by atoms with Crippen LogP contribution in [0.1, 0.15) is 24.0 Å². The van der Waals surface area contributed by atoms with E-state index in [9.17, 15) is 4.79 Å². The lowest BCUT2D eigenvalue weighted by Gasteiger charge is -2.32. The molecule has 2 aromatic carbocycles. The van der Waals surface area contributed by atoms with Crippen molar-refractivity contribution >= 4 is 17.4 Å². The molecule has 1 amide bonds. The largest absolute Gasteiger partial charge is 0.497 e. The number of aryl methyl sites for hydroxylation is 2. The Balaban J connectivity index is 1.42. The first-order valence-corrected chi connectivity index (χ1v) is 10.6. The first kappa shape index (κ1) is 20.8. The number of hydrogen-bond donors (Lipinski definition) is 1. The van der Waals surface area contributed by atoms with Crippen molar-refractivity contribution in [2.75, 3.05) is 30.4 Å². The second kappa shape index (κ2) is 9.16. The third-order valence-electron chi connectivity index (χ3n) is 5.79. The average Bonchev–Trinajstić information content (AvgIpc) is 2.81. The van der Waals surface area contributed by atoms with Crippen LogP contribution in [0.3, 0.4) is 0 Å². The fourth-order valence-corrected chi connectivity index (χ4v) is 4.00. The van der Waals surface area contributed by atoms with Gasteiger partial charge in [0, 0.05) is 24.3 Å². The number of aromatic nitrogens is 2. The molecule has 6 nitrogen and oxygen atoms in total. The highest BCUT2D eigenvalue weighted by atomic mass is 16.5. The third-order valence-corrected chi connectivity index (χ3v) is 5.79. The van der Waals surface area contributed by atoms with Gasteiger partial charge in [-0.15, -0.1) is 10.2 Å². The van der Waals surface area contributed by atoms with Gasteiger partial charge in [-0.3, -0.25) is 4.79 Å². The SMILES string of the molecule is COc1ccc(-c2ccc(N3CCCC(C(=O)Nc4ccc(C)cc4C)C3)nn2)cc1. The molecule has 0 radical (unpaired) electrons. The summed E-state index contributed by atoms with van der Waals surface area (Å²) >= 11 is 0. The number of hydrogen-bond acceptors (Lipinski definition) is 5. The molecule has 160 valence electrons. The second-order valence-electron chi connectivity index (χ2n) is 8.10. The highest BCUT2D eigenvalue weighted by Crippen LogP contribution is 2.26. The summed E-state index contributed by atoms with van der Waals surface area (Å²) in [6.07, 6.45) is 1.83. The summed E-state index contributed by atoms with van der Waals surface area (Å²) in [7, 11) is 1.65. The summed E-state index contributed by atoms with van der Waals surface area (Å²) in [5, 5.41) is 11.9. The molecule has 0 bridgehead atoms. The van der Waals surface area contributed by atoms with Gasteiger partial charge < -0.3 is 15.0 Å². The second-order valence-corrected chi connectivity index (χ2v) is 8.10. The molecule has 0 saturated carbocycles. The maximum Gasteiger partial charge on any atom is 0.229 e. The monoisotopic (exact) mass is 416 g/mol. The predicted molar refractivity (Wildman–Crippen MR) is 124 cm³/mol. The number of rotatable bonds is 5. The Morgan fingerprint density at radius 2 is 1.87 bits per heavy atom. The lowest BCUT2D eigenvalue weighted by Crippen LogP contribution is -2.41. The van der Waals surface area contributed by atoms with Gasteiger partial charge >= 0.3 is 0 Å². The number of carbonyl (C=O) groups is 1. The topological polar surface area (TPSA) is 67.3 Å². The zero-order valence-electron chi connectivity index (χ0n) is 18.3. The van der Waals surface area contributed by atoms with Crippen LogP contribution in [0.4, 0.5) is 11.5 Å². The summed E-state index contributed by atoms with van der Waals surface area (Å²) in [4.78, 5) is 15.0. The molecule has 1 aromatic heterocycles. The number of nitrogens with zero attached hydrogens (tertiary/aromatic N) is 3. The quantitative estimate of drug-likeness (QED) is 0.657. The normalized spacial score (nSPS) is 16.1. The van der Waals surface area contributed by atoms with Crippen molar-refractivity contribution in [1.82, 2.24) is 10.2 Å². The van der Waals surface area contributed by atoms with Crippen LogP contribution in [0, 0.1) is 19.8 Å². The van der Waals surface area contributed by atoms with Crippen LogP contribution in [0.2, 0.25) is 0 Å². The third kappa shape index (κ3) is 4.85. The maximum absolute atomic E-state index is 12.9. The number of benzene rings is 2. The Hall–Kier alpha value is -3.41. The van der Waals surface area contributed by atoms with Crippen LogP contribution in [0.5, 0.6) is 5.75 Å². The van der Waals surface area contributed by atoms with E-state index in [1.165, 1.54) is 5.56 Å². The smallest absolute Gasteiger partial charge is 0.229 e. The van der Waals surface area contributed by atoms with E-state index in [1.807, 2.05) is 55.5 Å². The van der Waals surface area contributed by atoms with Crippen LogP contribution >= 0.6 is 0 Å². The van der Waals surface area contributed by atoms with Crippen molar-refractivity contribution in [3.8, 4) is 17.0 Å². The van der Waals surface area contributed by atoms with Crippen LogP contribution in [0.25, 0.3) is 11.3 Å². The molecule has 4 rings (SSSR count). The predicted octanol–water partition coefficient (Wildman–Crippen LogP) is 4.62. The van der Waals surface area contributed by atoms with Crippen LogP contribution in [0.15, 0.2) is 54.6 Å². The molecule has 1 unspecified atom stereocenters. The van der Waals surface area contributed by atoms with Crippen molar-refractivity contribution in [1.29, 1.82) is 0 Å². The molecular formula is C25H28N4O2. The van der Waals surface area contributed by atoms with Crippen LogP contribution in [-0.4, -0.2) is 36.3 Å². The van der Waals surface area contributed by atoms with E-state index >= 15 is 0 Å². The molecule has 1 N–H and O–H groups in total. The number of methoxy groups -OCH3 is 1. The van der Waals surface area contributed by atoms with E-state index in [0.29, 0.717) is 6.54 Å². The Morgan fingerprint density at radius 1 is 1.06 bits per heavy atom. The fourth-order valence-electron chi connectivity index (χ4n) is 4.00. The van der Waals surface area contributed by atoms with Gasteiger partial charge in [-0.1, -0.05) is 17.7 Å². The van der Waals surface area contributed by atoms with E-state index < -0.39 is 0 Å². The molecule has 0 spiro atoms. The van der Waals surface area contributed by atoms with Gasteiger partial charge in [0.1, 0.15) is 5.75 Å². The lowest BCUT2D eigenvalue weighted by atomic mass is 9.96. The van der Waals surface area contributed by atoms with Crippen LogP contribution < -0.4 is 15.0 Å². The summed E-state index contributed by atoms with van der Waals surface area (Å²) in [6.45, 7) is 5.60. The van der Waals surface area contributed by atoms with E-state index in [2.05, 4.69) is 33.4 Å². The standard InChI is InChI=1S/C25H28N4O2/c1-17-6-11-22(18(2)15-17)26-25(30)20-5-4-14-29(16-20)24-13-12-23(27-28-24)19-7-9-21(31-3)10-8-19/h6-13,15,20H,4-5,14,16H2,1-3H3,(H,26,30). The number of amides is 1. The Kier molecular flexibility index (Phi) is 6.16. The van der Waals surface area contributed by atoms with Gasteiger partial charge in [0.05, 0.1) is 18.7 Å². The minimum absolute atomic E-state index is 0.0689. The van der Waals surface area contributed by atoms with E-state index in [4.69, 9.17) is 4.74 Å². The molecule has 3 aromatic rings. The molecular weight excluding hydrogens is 388 g/mol. The molecule has 6 heteroatoms. The molecule has 1 aliphatic heterocycles. The molecule has 31 heavy (non-hydrogen) atoms. The van der Waals surface area contributed by atoms with Crippen molar-refractivity contribution in [2.45, 2.75) is 26.7 Å². The molecule has 1 aliphatic rings. The summed E-state index contributed by atoms with van der Waals surface area (Å²) < 4.78 is 5.21. The number of anilines is 2. The molecule has 1 fully saturated rings. The van der Waals surface area contributed by atoms with E-state index in [-0.39, 0.29) is 11.8 Å². The fraction of sp³-hybridized carbons (Fsp3) is 0.320. The first-order chi connectivity index (χ1) is 15.0. The Morgan fingerprint density at radius 3 is 2.55 bits per heavy atom. The molecule has 0 aliphatic carbocycles. The van der Waals surface area contributed by atoms with Gasteiger partial charge in [-0.05, 0) is 74.7 Å². The van der Waals surface area contributed by atoms with Crippen LogP contribution in [-0.2, 0) is 4.79 Å². The van der Waals surface area contributed by atoms with E-state index in [0.717, 1.165) is 53.5 Å². The van der Waals surface area contributed by atoms with Crippen molar-refractivity contribution in [2.24, 2.45) is 5.92 Å².